The molecule has 0 amide bonds. The first-order valence-corrected chi connectivity index (χ1v) is 25.3. The summed E-state index contributed by atoms with van der Waals surface area (Å²) in [5, 5.41) is 8.61. The van der Waals surface area contributed by atoms with E-state index in [9.17, 15) is 0 Å². The fourth-order valence-electron chi connectivity index (χ4n) is 10.7. The number of fused-ring (bicyclic) bond motifs is 6. The van der Waals surface area contributed by atoms with Gasteiger partial charge < -0.3 is 9.80 Å². The third-order valence-electron chi connectivity index (χ3n) is 13.4. The van der Waals surface area contributed by atoms with Gasteiger partial charge in [0.1, 0.15) is 0 Å². The Morgan fingerprint density at radius 1 is 0.484 bits per heavy atom. The lowest BCUT2D eigenvalue weighted by Crippen LogP contribution is -2.59. The third-order valence-corrected chi connectivity index (χ3v) is 19.5. The highest BCUT2D eigenvalue weighted by atomic mass is 32.1. The summed E-state index contributed by atoms with van der Waals surface area (Å²) in [4.78, 5) is 4.94. The molecule has 2 atom stereocenters. The van der Waals surface area contributed by atoms with Crippen LogP contribution in [0.1, 0.15) is 24.8 Å². The molecule has 0 spiro atoms. The number of thiophene rings is 1. The zero-order valence-corrected chi connectivity index (χ0v) is 37.3. The summed E-state index contributed by atoms with van der Waals surface area (Å²) in [6.07, 6.45) is 15.8. The molecular formula is C60H46N2SSi. The molecule has 0 radical (unpaired) electrons. The van der Waals surface area contributed by atoms with Crippen LogP contribution in [-0.4, -0.2) is 14.1 Å². The molecular weight excluding hydrogens is 809 g/mol. The normalized spacial score (nSPS) is 17.6. The largest absolute Gasteiger partial charge is 0.334 e. The van der Waals surface area contributed by atoms with Gasteiger partial charge in [0.15, 0.2) is 8.07 Å². The summed E-state index contributed by atoms with van der Waals surface area (Å²) in [6.45, 7) is 0. The van der Waals surface area contributed by atoms with Gasteiger partial charge in [-0.1, -0.05) is 164 Å². The number of nitrogens with zero attached hydrogens (tertiary/aromatic N) is 2. The number of hydrogen-bond acceptors (Lipinski definition) is 3. The van der Waals surface area contributed by atoms with E-state index in [2.05, 4.69) is 246 Å². The van der Waals surface area contributed by atoms with E-state index in [1.54, 1.807) is 0 Å². The maximum Gasteiger partial charge on any atom is 0.180 e. The first kappa shape index (κ1) is 38.4. The molecule has 0 saturated carbocycles. The summed E-state index contributed by atoms with van der Waals surface area (Å²) in [7, 11) is -2.74. The zero-order chi connectivity index (χ0) is 42.5. The van der Waals surface area contributed by atoms with Crippen LogP contribution in [0, 0.1) is 0 Å². The summed E-state index contributed by atoms with van der Waals surface area (Å²) in [5.74, 6) is 0. The van der Waals surface area contributed by atoms with Crippen molar-refractivity contribution in [3.05, 3.63) is 253 Å². The van der Waals surface area contributed by atoms with Crippen LogP contribution in [-0.2, 0) is 0 Å². The Morgan fingerprint density at radius 2 is 1.14 bits per heavy atom. The van der Waals surface area contributed by atoms with E-state index in [1.807, 2.05) is 11.3 Å². The van der Waals surface area contributed by atoms with Gasteiger partial charge in [-0.05, 0) is 135 Å². The van der Waals surface area contributed by atoms with Crippen LogP contribution in [0.3, 0.4) is 0 Å². The first-order valence-electron chi connectivity index (χ1n) is 22.5. The minimum absolute atomic E-state index is 0.117. The fourth-order valence-corrected chi connectivity index (χ4v) is 17.2. The summed E-state index contributed by atoms with van der Waals surface area (Å²) in [6, 6.07) is 76.5. The Morgan fingerprint density at radius 3 is 1.88 bits per heavy atom. The van der Waals surface area contributed by atoms with Crippen molar-refractivity contribution in [3.63, 3.8) is 0 Å². The lowest BCUT2D eigenvalue weighted by molar-refractivity contribution is 0.787. The van der Waals surface area contributed by atoms with Crippen LogP contribution in [0.2, 0.25) is 0 Å². The quantitative estimate of drug-likeness (QED) is 0.133. The van der Waals surface area contributed by atoms with Crippen molar-refractivity contribution in [1.29, 1.82) is 0 Å². The third kappa shape index (κ3) is 6.44. The van der Waals surface area contributed by atoms with E-state index >= 15 is 0 Å². The zero-order valence-electron chi connectivity index (χ0n) is 35.5. The molecule has 2 nitrogen and oxygen atoms in total. The average molecular weight is 855 g/mol. The molecule has 8 aromatic carbocycles. The minimum atomic E-state index is -2.74. The van der Waals surface area contributed by atoms with Gasteiger partial charge in [-0.3, -0.25) is 0 Å². The van der Waals surface area contributed by atoms with Gasteiger partial charge in [-0.25, -0.2) is 0 Å². The van der Waals surface area contributed by atoms with Crippen molar-refractivity contribution in [3.8, 4) is 11.1 Å². The standard InChI is InChI=1S/C60H46N2SSi/c1-6-20-45(21-7-1)61(46-22-8-2-9-23-46)48-26-18-19-43(39-48)44-33-36-54-56-42-50(35-38-59(56)64(60(54)40-44,51-27-12-4-13-28-51)52-29-14-5-15-30-52)62(47-24-10-3-11-25-47)49-34-37-58-55(41-49)53-31-16-17-32-57(53)63-58/h1-4,6-14,16-34,36-42,50H,5,15,35H2. The fraction of sp³-hybridized carbons (Fsp3) is 0.0667. The van der Waals surface area contributed by atoms with Gasteiger partial charge in [0.05, 0.1) is 6.04 Å². The van der Waals surface area contributed by atoms with Gasteiger partial charge in [0, 0.05) is 48.6 Å². The number of rotatable bonds is 9. The highest BCUT2D eigenvalue weighted by Gasteiger charge is 2.52. The molecule has 1 aliphatic heterocycles. The second-order valence-corrected chi connectivity index (χ2v) is 21.9. The SMILES string of the molecule is C1=CC([Si]2(c3ccccc3)C3=CCC(N(c4ccccc4)c4ccc5sc6ccccc6c5c4)C=C3c3ccc(-c4cccc(N(c5ccccc5)c5ccccc5)c4)cc32)=CCC1. The Labute approximate surface area is 380 Å². The smallest absolute Gasteiger partial charge is 0.180 e. The van der Waals surface area contributed by atoms with Gasteiger partial charge >= 0.3 is 0 Å². The molecule has 3 aliphatic rings. The molecule has 0 saturated heterocycles. The molecule has 12 rings (SSSR count). The molecule has 0 N–H and O–H groups in total. The average Bonchev–Trinajstić information content (AvgIpc) is 3.89. The first-order chi connectivity index (χ1) is 31.7. The minimum Gasteiger partial charge on any atom is -0.334 e. The topological polar surface area (TPSA) is 6.48 Å². The van der Waals surface area contributed by atoms with Crippen LogP contribution in [0.15, 0.2) is 247 Å². The van der Waals surface area contributed by atoms with Crippen molar-refractivity contribution >= 4 is 84.0 Å². The summed E-state index contributed by atoms with van der Waals surface area (Å²) < 4.78 is 2.66. The Bertz CT molecular complexity index is 3270. The predicted molar refractivity (Wildman–Crippen MR) is 277 cm³/mol. The van der Waals surface area contributed by atoms with Gasteiger partial charge in [0.2, 0.25) is 0 Å². The number of allylic oxidation sites excluding steroid dienone is 6. The van der Waals surface area contributed by atoms with E-state index in [1.165, 1.54) is 74.6 Å². The molecule has 0 fully saturated rings. The van der Waals surface area contributed by atoms with E-state index in [0.29, 0.717) is 0 Å². The molecule has 64 heavy (non-hydrogen) atoms. The van der Waals surface area contributed by atoms with Gasteiger partial charge in [0.25, 0.3) is 0 Å². The Kier molecular flexibility index (Phi) is 9.70. The molecule has 9 aromatic rings. The van der Waals surface area contributed by atoms with Gasteiger partial charge in [-0.15, -0.1) is 11.3 Å². The second kappa shape index (κ2) is 16.1. The van der Waals surface area contributed by atoms with Crippen LogP contribution in [0.4, 0.5) is 28.4 Å². The highest BCUT2D eigenvalue weighted by Crippen LogP contribution is 2.48. The van der Waals surface area contributed by atoms with Crippen molar-refractivity contribution < 1.29 is 0 Å². The van der Waals surface area contributed by atoms with Crippen LogP contribution in [0.25, 0.3) is 36.9 Å². The molecule has 1 aromatic heterocycles. The molecule has 4 heteroatoms. The highest BCUT2D eigenvalue weighted by molar-refractivity contribution is 7.25. The molecule has 2 unspecified atom stereocenters. The number of para-hydroxylation sites is 3. The maximum absolute atomic E-state index is 2.74. The maximum atomic E-state index is 2.65. The van der Waals surface area contributed by atoms with Crippen molar-refractivity contribution in [1.82, 2.24) is 0 Å². The molecule has 306 valence electrons. The van der Waals surface area contributed by atoms with Crippen molar-refractivity contribution in [2.24, 2.45) is 0 Å². The number of anilines is 5. The van der Waals surface area contributed by atoms with Crippen molar-refractivity contribution in [2.75, 3.05) is 9.80 Å². The van der Waals surface area contributed by atoms with Gasteiger partial charge in [-0.2, -0.15) is 0 Å². The van der Waals surface area contributed by atoms with E-state index in [4.69, 9.17) is 0 Å². The Hall–Kier alpha value is -7.24. The predicted octanol–water partition coefficient (Wildman–Crippen LogP) is 15.0. The number of hydrogen-bond donors (Lipinski definition) is 0. The van der Waals surface area contributed by atoms with E-state index in [-0.39, 0.29) is 6.04 Å². The van der Waals surface area contributed by atoms with Crippen molar-refractivity contribution in [2.45, 2.75) is 25.3 Å². The lowest BCUT2D eigenvalue weighted by atomic mass is 9.93. The van der Waals surface area contributed by atoms with Crippen LogP contribution < -0.4 is 20.2 Å². The molecule has 2 heterocycles. The summed E-state index contributed by atoms with van der Waals surface area (Å²) >= 11 is 1.88. The molecule has 2 aliphatic carbocycles. The molecule has 0 bridgehead atoms. The second-order valence-electron chi connectivity index (χ2n) is 17.1. The van der Waals surface area contributed by atoms with E-state index in [0.717, 1.165) is 36.3 Å². The Balaban J connectivity index is 1.04. The van der Waals surface area contributed by atoms with E-state index < -0.39 is 8.07 Å². The number of benzene rings is 8. The summed E-state index contributed by atoms with van der Waals surface area (Å²) in [5.41, 5.74) is 11.1. The monoisotopic (exact) mass is 854 g/mol. The van der Waals surface area contributed by atoms with Crippen LogP contribution >= 0.6 is 11.3 Å². The lowest BCUT2D eigenvalue weighted by Gasteiger charge is -2.37. The van der Waals surface area contributed by atoms with Crippen LogP contribution in [0.5, 0.6) is 0 Å².